The zero-order valence-corrected chi connectivity index (χ0v) is 18.6. The van der Waals surface area contributed by atoms with Crippen molar-refractivity contribution in [3.8, 4) is 6.01 Å². The molecule has 0 amide bonds. The number of ether oxygens (including phenoxy) is 2. The van der Waals surface area contributed by atoms with E-state index in [1.165, 1.54) is 11.1 Å². The second-order valence-corrected chi connectivity index (χ2v) is 7.68. The van der Waals surface area contributed by atoms with Crippen molar-refractivity contribution < 1.29 is 9.47 Å². The van der Waals surface area contributed by atoms with Crippen molar-refractivity contribution in [1.82, 2.24) is 19.9 Å². The van der Waals surface area contributed by atoms with Crippen LogP contribution in [-0.4, -0.2) is 59.1 Å². The van der Waals surface area contributed by atoms with Gasteiger partial charge in [0, 0.05) is 31.4 Å². The molecule has 0 bridgehead atoms. The number of hydrogen-bond acceptors (Lipinski definition) is 8. The predicted octanol–water partition coefficient (Wildman–Crippen LogP) is 2.96. The number of anilines is 1. The molecule has 0 saturated carbocycles. The molecular formula is C24H28N6O2. The van der Waals surface area contributed by atoms with Crippen LogP contribution >= 0.6 is 0 Å². The minimum Gasteiger partial charge on any atom is -0.463 e. The molecule has 3 aromatic rings. The van der Waals surface area contributed by atoms with Crippen molar-refractivity contribution in [1.29, 1.82) is 0 Å². The molecule has 0 aliphatic carbocycles. The lowest BCUT2D eigenvalue weighted by Gasteiger charge is -2.26. The fraction of sp³-hybridized carbons (Fsp3) is 0.375. The summed E-state index contributed by atoms with van der Waals surface area (Å²) in [6.45, 7) is 7.98. The van der Waals surface area contributed by atoms with Crippen LogP contribution in [-0.2, 0) is 17.7 Å². The highest BCUT2D eigenvalue weighted by atomic mass is 16.5. The number of morpholine rings is 1. The quantitative estimate of drug-likeness (QED) is 0.506. The van der Waals surface area contributed by atoms with Crippen LogP contribution in [0.15, 0.2) is 47.6 Å². The molecule has 0 unspecified atom stereocenters. The molecule has 1 saturated heterocycles. The number of rotatable bonds is 8. The highest BCUT2D eigenvalue weighted by Gasteiger charge is 2.16. The van der Waals surface area contributed by atoms with E-state index in [4.69, 9.17) is 9.47 Å². The Morgan fingerprint density at radius 1 is 1.06 bits per heavy atom. The number of aromatic nitrogens is 4. The van der Waals surface area contributed by atoms with Gasteiger partial charge in [0.2, 0.25) is 5.95 Å². The van der Waals surface area contributed by atoms with Crippen molar-refractivity contribution in [2.75, 3.05) is 37.8 Å². The van der Waals surface area contributed by atoms with E-state index in [0.717, 1.165) is 24.3 Å². The Bertz CT molecular complexity index is 1050. The van der Waals surface area contributed by atoms with E-state index in [1.807, 2.05) is 18.2 Å². The summed E-state index contributed by atoms with van der Waals surface area (Å²) >= 11 is 0. The van der Waals surface area contributed by atoms with Crippen LogP contribution in [0.5, 0.6) is 6.01 Å². The van der Waals surface area contributed by atoms with Gasteiger partial charge in [0.25, 0.3) is 0 Å². The fourth-order valence-electron chi connectivity index (χ4n) is 3.32. The molecule has 2 aromatic heterocycles. The zero-order valence-electron chi connectivity index (χ0n) is 18.6. The molecule has 1 aliphatic rings. The average Bonchev–Trinajstić information content (AvgIpc) is 2.83. The average molecular weight is 433 g/mol. The lowest BCUT2D eigenvalue weighted by atomic mass is 10.1. The molecule has 166 valence electrons. The third kappa shape index (κ3) is 6.07. The van der Waals surface area contributed by atoms with Gasteiger partial charge in [-0.25, -0.2) is 0 Å². The Morgan fingerprint density at radius 2 is 1.94 bits per heavy atom. The van der Waals surface area contributed by atoms with E-state index in [9.17, 15) is 0 Å². The predicted molar refractivity (Wildman–Crippen MR) is 124 cm³/mol. The molecule has 0 atom stereocenters. The van der Waals surface area contributed by atoms with Crippen LogP contribution in [0, 0.1) is 13.8 Å². The van der Waals surface area contributed by atoms with Crippen LogP contribution in [0.3, 0.4) is 0 Å². The maximum atomic E-state index is 5.85. The first kappa shape index (κ1) is 21.8. The molecule has 0 spiro atoms. The molecule has 0 N–H and O–H groups in total. The van der Waals surface area contributed by atoms with E-state index < -0.39 is 0 Å². The highest BCUT2D eigenvalue weighted by Crippen LogP contribution is 2.15. The molecular weight excluding hydrogens is 404 g/mol. The number of nitrogens with zero attached hydrogens (tertiary/aromatic N) is 6. The maximum Gasteiger partial charge on any atom is 0.321 e. The van der Waals surface area contributed by atoms with E-state index >= 15 is 0 Å². The van der Waals surface area contributed by atoms with Crippen molar-refractivity contribution >= 4 is 12.2 Å². The van der Waals surface area contributed by atoms with Gasteiger partial charge in [-0.15, -0.1) is 0 Å². The van der Waals surface area contributed by atoms with Crippen molar-refractivity contribution in [3.63, 3.8) is 0 Å². The Hall–Kier alpha value is -3.39. The van der Waals surface area contributed by atoms with Crippen LogP contribution in [0.4, 0.5) is 5.95 Å². The third-order valence-corrected chi connectivity index (χ3v) is 5.28. The normalized spacial score (nSPS) is 14.1. The lowest BCUT2D eigenvalue weighted by molar-refractivity contribution is 0.122. The van der Waals surface area contributed by atoms with E-state index in [0.29, 0.717) is 50.6 Å². The molecule has 8 heteroatoms. The smallest absolute Gasteiger partial charge is 0.321 e. The van der Waals surface area contributed by atoms with Crippen LogP contribution < -0.4 is 9.64 Å². The molecule has 0 radical (unpaired) electrons. The van der Waals surface area contributed by atoms with Crippen molar-refractivity contribution in [3.05, 3.63) is 70.8 Å². The minimum absolute atomic E-state index is 0.296. The Labute approximate surface area is 188 Å². The molecule has 1 aliphatic heterocycles. The maximum absolute atomic E-state index is 5.85. The summed E-state index contributed by atoms with van der Waals surface area (Å²) in [5.41, 5.74) is 4.65. The summed E-state index contributed by atoms with van der Waals surface area (Å²) in [7, 11) is 0. The van der Waals surface area contributed by atoms with Gasteiger partial charge in [-0.05, 0) is 42.7 Å². The van der Waals surface area contributed by atoms with Gasteiger partial charge in [-0.2, -0.15) is 15.0 Å². The summed E-state index contributed by atoms with van der Waals surface area (Å²) < 4.78 is 11.3. The number of aryl methyl sites for hydroxylation is 2. The summed E-state index contributed by atoms with van der Waals surface area (Å²) in [5, 5.41) is 0. The second kappa shape index (κ2) is 10.8. The monoisotopic (exact) mass is 432 g/mol. The van der Waals surface area contributed by atoms with Gasteiger partial charge in [-0.1, -0.05) is 24.3 Å². The van der Waals surface area contributed by atoms with Crippen LogP contribution in [0.1, 0.15) is 28.2 Å². The SMILES string of the molecule is Cc1ccc(CN=Cc2nc(OCCc3ccccn3)nc(N3CCOCC3)n2)cc1C. The molecule has 1 fully saturated rings. The molecule has 4 rings (SSSR count). The van der Waals surface area contributed by atoms with Gasteiger partial charge in [0.15, 0.2) is 5.82 Å². The van der Waals surface area contributed by atoms with Crippen molar-refractivity contribution in [2.24, 2.45) is 4.99 Å². The standard InChI is InChI=1S/C24H28N6O2/c1-18-6-7-20(15-19(18)2)16-25-17-22-27-23(30-10-13-31-14-11-30)29-24(28-22)32-12-8-21-5-3-4-9-26-21/h3-7,9,15,17H,8,10-14,16H2,1-2H3. The van der Waals surface area contributed by atoms with Gasteiger partial charge in [-0.3, -0.25) is 9.98 Å². The lowest BCUT2D eigenvalue weighted by Crippen LogP contribution is -2.37. The van der Waals surface area contributed by atoms with E-state index in [2.05, 4.69) is 61.9 Å². The van der Waals surface area contributed by atoms with Crippen molar-refractivity contribution in [2.45, 2.75) is 26.8 Å². The van der Waals surface area contributed by atoms with Crippen LogP contribution in [0.2, 0.25) is 0 Å². The highest BCUT2D eigenvalue weighted by molar-refractivity contribution is 5.75. The number of hydrogen-bond donors (Lipinski definition) is 0. The zero-order chi connectivity index (χ0) is 22.2. The largest absolute Gasteiger partial charge is 0.463 e. The Morgan fingerprint density at radius 3 is 2.72 bits per heavy atom. The molecule has 3 heterocycles. The first-order valence-corrected chi connectivity index (χ1v) is 10.8. The molecule has 8 nitrogen and oxygen atoms in total. The second-order valence-electron chi connectivity index (χ2n) is 7.68. The molecule has 32 heavy (non-hydrogen) atoms. The van der Waals surface area contributed by atoms with Gasteiger partial charge < -0.3 is 14.4 Å². The first-order valence-electron chi connectivity index (χ1n) is 10.8. The Kier molecular flexibility index (Phi) is 7.34. The third-order valence-electron chi connectivity index (χ3n) is 5.28. The van der Waals surface area contributed by atoms with Gasteiger partial charge in [0.1, 0.15) is 0 Å². The first-order chi connectivity index (χ1) is 15.7. The van der Waals surface area contributed by atoms with E-state index in [-0.39, 0.29) is 0 Å². The topological polar surface area (TPSA) is 85.6 Å². The minimum atomic E-state index is 0.296. The number of benzene rings is 1. The summed E-state index contributed by atoms with van der Waals surface area (Å²) in [6.07, 6.45) is 4.14. The van der Waals surface area contributed by atoms with Gasteiger partial charge in [0.05, 0.1) is 32.6 Å². The van der Waals surface area contributed by atoms with Gasteiger partial charge >= 0.3 is 6.01 Å². The number of pyridine rings is 1. The van der Waals surface area contributed by atoms with E-state index in [1.54, 1.807) is 12.4 Å². The summed E-state index contributed by atoms with van der Waals surface area (Å²) in [5.74, 6) is 1.07. The summed E-state index contributed by atoms with van der Waals surface area (Å²) in [6, 6.07) is 12.5. The number of aliphatic imine (C=N–C) groups is 1. The Balaban J connectivity index is 1.47. The summed E-state index contributed by atoms with van der Waals surface area (Å²) in [4.78, 5) is 24.5. The fourth-order valence-corrected chi connectivity index (χ4v) is 3.32. The molecule has 1 aromatic carbocycles. The van der Waals surface area contributed by atoms with Crippen LogP contribution in [0.25, 0.3) is 0 Å².